The molecule has 2 aromatic carbocycles. The summed E-state index contributed by atoms with van der Waals surface area (Å²) < 4.78 is 24.0. The SMILES string of the molecule is CC(Oc1ccc2c(c1)CCCC2)C(=O)NCCOc1ccc(F)cc1. The molecule has 0 saturated heterocycles. The summed E-state index contributed by atoms with van der Waals surface area (Å²) in [5, 5.41) is 2.78. The smallest absolute Gasteiger partial charge is 0.260 e. The van der Waals surface area contributed by atoms with E-state index < -0.39 is 6.10 Å². The summed E-state index contributed by atoms with van der Waals surface area (Å²) >= 11 is 0. The average Bonchev–Trinajstić information content (AvgIpc) is 2.66. The van der Waals surface area contributed by atoms with E-state index in [1.165, 1.54) is 36.1 Å². The molecule has 1 atom stereocenters. The summed E-state index contributed by atoms with van der Waals surface area (Å²) in [7, 11) is 0. The lowest BCUT2D eigenvalue weighted by Crippen LogP contribution is -2.38. The van der Waals surface area contributed by atoms with Crippen molar-refractivity contribution in [2.75, 3.05) is 13.2 Å². The van der Waals surface area contributed by atoms with Crippen LogP contribution in [0, 0.1) is 5.82 Å². The molecule has 2 aromatic rings. The molecule has 1 aliphatic rings. The summed E-state index contributed by atoms with van der Waals surface area (Å²) in [4.78, 5) is 12.2. The minimum Gasteiger partial charge on any atom is -0.492 e. The molecule has 1 N–H and O–H groups in total. The molecule has 0 aromatic heterocycles. The highest BCUT2D eigenvalue weighted by Crippen LogP contribution is 2.25. The molecule has 0 heterocycles. The fraction of sp³-hybridized carbons (Fsp3) is 0.381. The van der Waals surface area contributed by atoms with Crippen molar-refractivity contribution in [2.45, 2.75) is 38.7 Å². The van der Waals surface area contributed by atoms with Crippen LogP contribution < -0.4 is 14.8 Å². The number of carbonyl (C=O) groups is 1. The Morgan fingerprint density at radius 2 is 1.77 bits per heavy atom. The van der Waals surface area contributed by atoms with Crippen molar-refractivity contribution >= 4 is 5.91 Å². The third kappa shape index (κ3) is 4.97. The molecule has 5 heteroatoms. The quantitative estimate of drug-likeness (QED) is 0.769. The lowest BCUT2D eigenvalue weighted by Gasteiger charge is -2.19. The zero-order valence-electron chi connectivity index (χ0n) is 15.0. The third-order valence-corrected chi connectivity index (χ3v) is 4.49. The highest BCUT2D eigenvalue weighted by molar-refractivity contribution is 5.80. The Balaban J connectivity index is 1.42. The molecular formula is C21H24FNO3. The predicted octanol–water partition coefficient (Wildman–Crippen LogP) is 3.67. The van der Waals surface area contributed by atoms with Crippen molar-refractivity contribution in [1.29, 1.82) is 0 Å². The number of halogens is 1. The molecule has 1 aliphatic carbocycles. The number of fused-ring (bicyclic) bond motifs is 1. The molecule has 26 heavy (non-hydrogen) atoms. The number of nitrogens with one attached hydrogen (secondary N) is 1. The van der Waals surface area contributed by atoms with E-state index in [2.05, 4.69) is 17.4 Å². The van der Waals surface area contributed by atoms with E-state index >= 15 is 0 Å². The predicted molar refractivity (Wildman–Crippen MR) is 98.1 cm³/mol. The Morgan fingerprint density at radius 3 is 2.54 bits per heavy atom. The van der Waals surface area contributed by atoms with Gasteiger partial charge in [-0.15, -0.1) is 0 Å². The maximum absolute atomic E-state index is 12.8. The molecule has 0 saturated carbocycles. The summed E-state index contributed by atoms with van der Waals surface area (Å²) in [6.07, 6.45) is 4.07. The van der Waals surface area contributed by atoms with Gasteiger partial charge in [0.15, 0.2) is 6.10 Å². The van der Waals surface area contributed by atoms with Crippen LogP contribution in [0.15, 0.2) is 42.5 Å². The lowest BCUT2D eigenvalue weighted by molar-refractivity contribution is -0.127. The Bertz CT molecular complexity index is 745. The van der Waals surface area contributed by atoms with E-state index in [9.17, 15) is 9.18 Å². The van der Waals surface area contributed by atoms with Gasteiger partial charge in [-0.1, -0.05) is 6.07 Å². The Hall–Kier alpha value is -2.56. The first-order chi connectivity index (χ1) is 12.6. The number of hydrogen-bond donors (Lipinski definition) is 1. The van der Waals surface area contributed by atoms with Gasteiger partial charge in [0.2, 0.25) is 0 Å². The second-order valence-electron chi connectivity index (χ2n) is 6.49. The summed E-state index contributed by atoms with van der Waals surface area (Å²) in [6.45, 7) is 2.40. The second-order valence-corrected chi connectivity index (χ2v) is 6.49. The van der Waals surface area contributed by atoms with Crippen LogP contribution in [0.1, 0.15) is 30.9 Å². The minimum atomic E-state index is -0.581. The molecular weight excluding hydrogens is 333 g/mol. The number of benzene rings is 2. The van der Waals surface area contributed by atoms with Crippen LogP contribution in [-0.2, 0) is 17.6 Å². The maximum Gasteiger partial charge on any atom is 0.260 e. The summed E-state index contributed by atoms with van der Waals surface area (Å²) in [6, 6.07) is 11.9. The van der Waals surface area contributed by atoms with Crippen molar-refractivity contribution in [3.05, 3.63) is 59.4 Å². The number of hydrogen-bond acceptors (Lipinski definition) is 3. The molecule has 0 spiro atoms. The summed E-state index contributed by atoms with van der Waals surface area (Å²) in [5.74, 6) is 0.805. The number of aryl methyl sites for hydroxylation is 2. The van der Waals surface area contributed by atoms with E-state index in [4.69, 9.17) is 9.47 Å². The van der Waals surface area contributed by atoms with Crippen LogP contribution in [0.4, 0.5) is 4.39 Å². The molecule has 4 nitrogen and oxygen atoms in total. The highest BCUT2D eigenvalue weighted by Gasteiger charge is 2.16. The Kier molecular flexibility index (Phi) is 6.10. The van der Waals surface area contributed by atoms with Crippen molar-refractivity contribution in [1.82, 2.24) is 5.32 Å². The molecule has 1 amide bonds. The first kappa shape index (κ1) is 18.2. The Morgan fingerprint density at radius 1 is 1.08 bits per heavy atom. The first-order valence-electron chi connectivity index (χ1n) is 9.06. The van der Waals surface area contributed by atoms with Crippen molar-refractivity contribution in [3.8, 4) is 11.5 Å². The monoisotopic (exact) mass is 357 g/mol. The molecule has 1 unspecified atom stereocenters. The van der Waals surface area contributed by atoms with Crippen LogP contribution in [-0.4, -0.2) is 25.2 Å². The van der Waals surface area contributed by atoms with E-state index in [0.717, 1.165) is 18.6 Å². The van der Waals surface area contributed by atoms with Crippen LogP contribution in [0.3, 0.4) is 0 Å². The van der Waals surface area contributed by atoms with Gasteiger partial charge in [-0.05, 0) is 80.1 Å². The average molecular weight is 357 g/mol. The van der Waals surface area contributed by atoms with Gasteiger partial charge in [-0.2, -0.15) is 0 Å². The van der Waals surface area contributed by atoms with Gasteiger partial charge < -0.3 is 14.8 Å². The van der Waals surface area contributed by atoms with Gasteiger partial charge in [0.05, 0.1) is 6.54 Å². The third-order valence-electron chi connectivity index (χ3n) is 4.49. The summed E-state index contributed by atoms with van der Waals surface area (Å²) in [5.41, 5.74) is 2.72. The second kappa shape index (κ2) is 8.70. The highest BCUT2D eigenvalue weighted by atomic mass is 19.1. The topological polar surface area (TPSA) is 47.6 Å². The van der Waals surface area contributed by atoms with Crippen LogP contribution in [0.2, 0.25) is 0 Å². The normalized spacial score (nSPS) is 14.2. The molecule has 3 rings (SSSR count). The zero-order chi connectivity index (χ0) is 18.4. The first-order valence-corrected chi connectivity index (χ1v) is 9.06. The fourth-order valence-electron chi connectivity index (χ4n) is 3.06. The minimum absolute atomic E-state index is 0.189. The standard InChI is InChI=1S/C21H24FNO3/c1-15(26-20-9-6-16-4-2-3-5-17(16)14-20)21(24)23-12-13-25-19-10-7-18(22)8-11-19/h6-11,14-15H,2-5,12-13H2,1H3,(H,23,24). The van der Waals surface area contributed by atoms with Crippen molar-refractivity contribution in [2.24, 2.45) is 0 Å². The number of amides is 1. The van der Waals surface area contributed by atoms with Gasteiger partial charge in [-0.3, -0.25) is 4.79 Å². The number of carbonyl (C=O) groups excluding carboxylic acids is 1. The van der Waals surface area contributed by atoms with Gasteiger partial charge in [0, 0.05) is 0 Å². The van der Waals surface area contributed by atoms with Gasteiger partial charge in [-0.25, -0.2) is 4.39 Å². The molecule has 0 fully saturated rings. The largest absolute Gasteiger partial charge is 0.492 e. The van der Waals surface area contributed by atoms with Crippen molar-refractivity contribution in [3.63, 3.8) is 0 Å². The van der Waals surface area contributed by atoms with E-state index in [-0.39, 0.29) is 11.7 Å². The van der Waals surface area contributed by atoms with Gasteiger partial charge in [0.1, 0.15) is 23.9 Å². The van der Waals surface area contributed by atoms with E-state index in [0.29, 0.717) is 18.9 Å². The molecule has 138 valence electrons. The molecule has 0 bridgehead atoms. The number of ether oxygens (including phenoxy) is 2. The Labute approximate surface area is 153 Å². The van der Waals surface area contributed by atoms with Gasteiger partial charge >= 0.3 is 0 Å². The zero-order valence-corrected chi connectivity index (χ0v) is 15.0. The van der Waals surface area contributed by atoms with E-state index in [1.54, 1.807) is 19.1 Å². The van der Waals surface area contributed by atoms with Crippen molar-refractivity contribution < 1.29 is 18.7 Å². The van der Waals surface area contributed by atoms with Crippen LogP contribution in [0.5, 0.6) is 11.5 Å². The van der Waals surface area contributed by atoms with Crippen LogP contribution >= 0.6 is 0 Å². The lowest BCUT2D eigenvalue weighted by atomic mass is 9.92. The number of rotatable bonds is 7. The maximum atomic E-state index is 12.8. The molecule has 0 aliphatic heterocycles. The van der Waals surface area contributed by atoms with Crippen LogP contribution in [0.25, 0.3) is 0 Å². The fourth-order valence-corrected chi connectivity index (χ4v) is 3.06. The molecule has 0 radical (unpaired) electrons. The van der Waals surface area contributed by atoms with Gasteiger partial charge in [0.25, 0.3) is 5.91 Å². The van der Waals surface area contributed by atoms with E-state index in [1.807, 2.05) is 6.07 Å².